The highest BCUT2D eigenvalue weighted by Crippen LogP contribution is 2.42. The molecular weight excluding hydrogens is 1160 g/mol. The minimum atomic E-state index is -3.77. The Balaban J connectivity index is 1.51. The van der Waals surface area contributed by atoms with Gasteiger partial charge in [-0.1, -0.05) is 84.7 Å². The van der Waals surface area contributed by atoms with Crippen molar-refractivity contribution in [2.24, 2.45) is 46.6 Å². The Hall–Kier alpha value is -3.92. The standard InChI is InChI=1S/C64H105N3O20S/c1-35(2)29-48(68)83-54-42(9)53(37(4)34-79-61-57(77-16)56(76-15)50(69)45(12)82-61)85-59(72)44(11)55(84-49-30-38(5)67(14)33-40(7)80-49)41(8)52(86-60-51(70)47(66-78-17)31-39(6)81-60)36(3)32-63(13,58(71)43(54)10)87-62(73)65-64(25-21-22-26-64)27-28-88(74,75)46-23-19-18-20-24-46/h18-20,23-24,35-45,49-57,60-61,69-70H,21-22,25-34H2,1-17H3,(H,65,73)/b66-47+/t36-,37-,38?,39+,40-,41+,42-,43+,44+,45+,49-,50+,51+,52-,53+,54+,55-,56+,57+,60-,61+,63-/m0/s1. The van der Waals surface area contributed by atoms with E-state index >= 15 is 14.4 Å². The van der Waals surface area contributed by atoms with Crippen molar-refractivity contribution in [3.05, 3.63) is 30.3 Å². The van der Waals surface area contributed by atoms with Gasteiger partial charge >= 0.3 is 18.0 Å². The third-order valence-electron chi connectivity index (χ3n) is 18.8. The van der Waals surface area contributed by atoms with E-state index in [0.717, 1.165) is 0 Å². The summed E-state index contributed by atoms with van der Waals surface area (Å²) in [7, 11) is 2.49. The second-order valence-electron chi connectivity index (χ2n) is 26.7. The van der Waals surface area contributed by atoms with Crippen molar-refractivity contribution in [1.82, 2.24) is 10.2 Å². The molecule has 23 nitrogen and oxygen atoms in total. The lowest BCUT2D eigenvalue weighted by atomic mass is 9.74. The van der Waals surface area contributed by atoms with Crippen molar-refractivity contribution in [2.45, 2.75) is 256 Å². The predicted molar refractivity (Wildman–Crippen MR) is 324 cm³/mol. The summed E-state index contributed by atoms with van der Waals surface area (Å²) in [6.07, 6.45) is -12.0. The maximum Gasteiger partial charge on any atom is 0.408 e. The molecule has 0 aromatic heterocycles. The fourth-order valence-electron chi connectivity index (χ4n) is 13.8. The van der Waals surface area contributed by atoms with E-state index in [-0.39, 0.29) is 66.7 Å². The Labute approximate surface area is 522 Å². The molecular formula is C64H105N3O20S. The van der Waals surface area contributed by atoms with E-state index < -0.39 is 160 Å². The number of aliphatic hydroxyl groups excluding tert-OH is 2. The van der Waals surface area contributed by atoms with Crippen LogP contribution in [0.25, 0.3) is 0 Å². The second-order valence-corrected chi connectivity index (χ2v) is 28.8. The Kier molecular flexibility index (Phi) is 26.7. The van der Waals surface area contributed by atoms with Crippen LogP contribution in [-0.4, -0.2) is 204 Å². The maximum absolute atomic E-state index is 16.2. The Morgan fingerprint density at radius 3 is 2.10 bits per heavy atom. The molecule has 5 fully saturated rings. The number of sulfone groups is 1. The van der Waals surface area contributed by atoms with Crippen molar-refractivity contribution >= 4 is 39.4 Å². The molecule has 1 saturated carbocycles. The van der Waals surface area contributed by atoms with Crippen molar-refractivity contribution in [3.63, 3.8) is 0 Å². The Bertz CT molecular complexity index is 2560. The summed E-state index contributed by atoms with van der Waals surface area (Å²) in [5.41, 5.74) is -2.83. The summed E-state index contributed by atoms with van der Waals surface area (Å²) in [5.74, 6) is -8.17. The zero-order chi connectivity index (χ0) is 65.2. The fraction of sp³-hybridized carbons (Fsp3) is 0.828. The summed E-state index contributed by atoms with van der Waals surface area (Å²) in [6.45, 7) is 23.6. The van der Waals surface area contributed by atoms with E-state index in [4.69, 9.17) is 56.9 Å². The van der Waals surface area contributed by atoms with Gasteiger partial charge in [0, 0.05) is 69.4 Å². The number of ketones is 1. The van der Waals surface area contributed by atoms with Gasteiger partial charge in [-0.3, -0.25) is 14.4 Å². The zero-order valence-electron chi connectivity index (χ0n) is 55.1. The molecule has 4 heterocycles. The largest absolute Gasteiger partial charge is 0.461 e. The van der Waals surface area contributed by atoms with E-state index in [2.05, 4.69) is 22.3 Å². The Morgan fingerprint density at radius 2 is 1.48 bits per heavy atom. The summed E-state index contributed by atoms with van der Waals surface area (Å²) in [6, 6.07) is 8.10. The number of amides is 1. The molecule has 0 bridgehead atoms. The van der Waals surface area contributed by atoms with Gasteiger partial charge in [0.25, 0.3) is 0 Å². The topological polar surface area (TPSA) is 281 Å². The van der Waals surface area contributed by atoms with Crippen LogP contribution in [0.2, 0.25) is 0 Å². The number of carbonyl (C=O) groups is 4. The third kappa shape index (κ3) is 18.4. The van der Waals surface area contributed by atoms with Gasteiger partial charge in [0.1, 0.15) is 43.7 Å². The van der Waals surface area contributed by atoms with Gasteiger partial charge < -0.3 is 77.4 Å². The van der Waals surface area contributed by atoms with Crippen LogP contribution in [0.4, 0.5) is 4.79 Å². The maximum atomic E-state index is 16.2. The van der Waals surface area contributed by atoms with Gasteiger partial charge in [0.2, 0.25) is 0 Å². The molecule has 4 saturated heterocycles. The molecule has 6 rings (SSSR count). The number of cyclic esters (lactones) is 1. The van der Waals surface area contributed by atoms with E-state index in [9.17, 15) is 23.4 Å². The lowest BCUT2D eigenvalue weighted by molar-refractivity contribution is -0.305. The highest BCUT2D eigenvalue weighted by atomic mass is 32.2. The molecule has 1 aromatic carbocycles. The van der Waals surface area contributed by atoms with Gasteiger partial charge in [0.15, 0.2) is 40.1 Å². The van der Waals surface area contributed by atoms with Crippen LogP contribution in [0.15, 0.2) is 40.4 Å². The van der Waals surface area contributed by atoms with Gasteiger partial charge in [0.05, 0.1) is 65.3 Å². The first-order chi connectivity index (χ1) is 41.4. The van der Waals surface area contributed by atoms with Crippen LogP contribution >= 0.6 is 0 Å². The molecule has 1 aliphatic carbocycles. The quantitative estimate of drug-likeness (QED) is 0.0662. The molecule has 502 valence electrons. The van der Waals surface area contributed by atoms with Crippen LogP contribution in [0.3, 0.4) is 0 Å². The zero-order valence-corrected chi connectivity index (χ0v) is 55.9. The van der Waals surface area contributed by atoms with Crippen molar-refractivity contribution in [3.8, 4) is 0 Å². The molecule has 3 N–H and O–H groups in total. The number of nitrogens with zero attached hydrogens (tertiary/aromatic N) is 2. The van der Waals surface area contributed by atoms with Gasteiger partial charge in [-0.2, -0.15) is 0 Å². The molecule has 1 aromatic rings. The predicted octanol–water partition coefficient (Wildman–Crippen LogP) is 7.18. The first-order valence-corrected chi connectivity index (χ1v) is 33.4. The third-order valence-corrected chi connectivity index (χ3v) is 20.5. The second kappa shape index (κ2) is 32.1. The van der Waals surface area contributed by atoms with Crippen LogP contribution in [0, 0.1) is 41.4 Å². The van der Waals surface area contributed by atoms with E-state index in [1.165, 1.54) is 40.4 Å². The average molecular weight is 1270 g/mol. The summed E-state index contributed by atoms with van der Waals surface area (Å²) in [5, 5.41) is 30.1. The number of aliphatic hydroxyl groups is 2. The monoisotopic (exact) mass is 1270 g/mol. The average Bonchev–Trinajstić information content (AvgIpc) is 2.38. The molecule has 0 radical (unpaired) electrons. The number of nitrogens with one attached hydrogen (secondary N) is 1. The van der Waals surface area contributed by atoms with Crippen LogP contribution in [-0.2, 0) is 81.2 Å². The highest BCUT2D eigenvalue weighted by molar-refractivity contribution is 7.91. The van der Waals surface area contributed by atoms with Crippen LogP contribution in [0.5, 0.6) is 0 Å². The lowest BCUT2D eigenvalue weighted by Gasteiger charge is -2.45. The molecule has 88 heavy (non-hydrogen) atoms. The fourth-order valence-corrected chi connectivity index (χ4v) is 15.2. The van der Waals surface area contributed by atoms with E-state index in [0.29, 0.717) is 38.6 Å². The number of hydrogen-bond donors (Lipinski definition) is 3. The first-order valence-electron chi connectivity index (χ1n) is 31.7. The molecule has 0 spiro atoms. The summed E-state index contributed by atoms with van der Waals surface area (Å²) in [4.78, 5) is 68.4. The number of Topliss-reactive ketones (excluding diaryl/α,β-unsaturated/α-hetero) is 1. The molecule has 22 atom stereocenters. The van der Waals surface area contributed by atoms with E-state index in [1.807, 2.05) is 41.7 Å². The Morgan fingerprint density at radius 1 is 0.818 bits per heavy atom. The van der Waals surface area contributed by atoms with E-state index in [1.54, 1.807) is 59.7 Å². The van der Waals surface area contributed by atoms with Crippen LogP contribution in [0.1, 0.15) is 148 Å². The van der Waals surface area contributed by atoms with Gasteiger partial charge in [-0.05, 0) is 98.2 Å². The summed E-state index contributed by atoms with van der Waals surface area (Å²) < 4.78 is 98.5. The van der Waals surface area contributed by atoms with Crippen LogP contribution < -0.4 is 5.32 Å². The lowest BCUT2D eigenvalue weighted by Crippen LogP contribution is -2.59. The molecule has 1 unspecified atom stereocenters. The van der Waals surface area contributed by atoms with Gasteiger partial charge in [-0.15, -0.1) is 0 Å². The SMILES string of the molecule is CO/N=C1\C[C@@H](C)O[C@@H](O[C@@H]2[C@@H](C)[C@H](O[C@H]3CC(C)N(C)C[C@H](C)O3)[C@@H](C)C(=O)O[C@H]([C@@H](C)CO[C@@H]3O[C@H](C)[C@@H](O)[C@@H](OC)[C@H]3OC)[C@H](C)[C@@H](OC(=O)CC(C)C)[C@@H](C)C(=O)[C@@](C)(OC(=O)NC3(CCS(=O)(=O)c4ccccc4)CCCC3)C[C@@H]2C)[C@@H]1O. The number of alkyl carbamates (subject to hydrolysis) is 1. The number of carbonyl (C=O) groups excluding carboxylic acids is 4. The number of ether oxygens (including phenoxy) is 11. The number of rotatable bonds is 20. The summed E-state index contributed by atoms with van der Waals surface area (Å²) >= 11 is 0. The number of hydrogen-bond acceptors (Lipinski definition) is 22. The highest BCUT2D eigenvalue weighted by Gasteiger charge is 2.53. The molecule has 1 amide bonds. The normalized spacial score (nSPS) is 38.3. The number of oxime groups is 1. The molecule has 24 heteroatoms. The number of esters is 2. The number of benzene rings is 1. The minimum Gasteiger partial charge on any atom is -0.461 e. The minimum absolute atomic E-state index is 0.0194. The number of methoxy groups -OCH3 is 2. The molecule has 5 aliphatic rings. The number of likely N-dealkylation sites (N-methyl/N-ethyl adjacent to an activating group) is 1. The van der Waals surface area contributed by atoms with Gasteiger partial charge in [-0.25, -0.2) is 13.2 Å². The van der Waals surface area contributed by atoms with Crippen molar-refractivity contribution in [2.75, 3.05) is 47.3 Å². The first kappa shape index (κ1) is 73.1. The molecule has 4 aliphatic heterocycles. The van der Waals surface area contributed by atoms with Crippen molar-refractivity contribution in [1.29, 1.82) is 0 Å². The van der Waals surface area contributed by atoms with Crippen molar-refractivity contribution < 1.29 is 94.8 Å². The smallest absolute Gasteiger partial charge is 0.408 e.